The van der Waals surface area contributed by atoms with Gasteiger partial charge < -0.3 is 0 Å². The molecule has 174 valence electrons. The first kappa shape index (κ1) is 22.2. The van der Waals surface area contributed by atoms with E-state index in [0.717, 1.165) is 36.5 Å². The van der Waals surface area contributed by atoms with Crippen molar-refractivity contribution in [2.45, 2.75) is 113 Å². The van der Waals surface area contributed by atoms with Gasteiger partial charge in [0.25, 0.3) is 0 Å². The normalized spacial score (nSPS) is 55.6. The van der Waals surface area contributed by atoms with E-state index in [4.69, 9.17) is 0 Å². The third-order valence-corrected chi connectivity index (χ3v) is 13.2. The average molecular weight is 425 g/mol. The van der Waals surface area contributed by atoms with Gasteiger partial charge >= 0.3 is 0 Å². The zero-order valence-electron chi connectivity index (χ0n) is 21.6. The molecule has 5 aliphatic carbocycles. The Morgan fingerprint density at radius 1 is 0.806 bits per heavy atom. The third-order valence-electron chi connectivity index (χ3n) is 13.2. The minimum Gasteiger partial charge on any atom is -0.299 e. The van der Waals surface area contributed by atoms with E-state index in [1.807, 2.05) is 0 Å². The molecule has 5 aliphatic rings. The molecule has 0 radical (unpaired) electrons. The molecule has 0 aliphatic heterocycles. The minimum absolute atomic E-state index is 0.131. The Bertz CT molecular complexity index is 807. The molecule has 5 fully saturated rings. The molecule has 31 heavy (non-hydrogen) atoms. The van der Waals surface area contributed by atoms with Crippen LogP contribution in [0, 0.1) is 56.7 Å². The van der Waals surface area contributed by atoms with Crippen molar-refractivity contribution in [2.24, 2.45) is 56.7 Å². The van der Waals surface area contributed by atoms with Crippen molar-refractivity contribution in [1.82, 2.24) is 0 Å². The fourth-order valence-corrected chi connectivity index (χ4v) is 11.3. The van der Waals surface area contributed by atoms with Gasteiger partial charge in [-0.25, -0.2) is 0 Å². The quantitative estimate of drug-likeness (QED) is 0.387. The van der Waals surface area contributed by atoms with Crippen molar-refractivity contribution < 1.29 is 4.79 Å². The van der Waals surface area contributed by atoms with Gasteiger partial charge in [0.2, 0.25) is 0 Å². The Balaban J connectivity index is 1.55. The maximum absolute atomic E-state index is 12.9. The number of allylic oxidation sites excluding steroid dienone is 1. The highest BCUT2D eigenvalue weighted by Crippen LogP contribution is 2.77. The Morgan fingerprint density at radius 2 is 1.52 bits per heavy atom. The van der Waals surface area contributed by atoms with Crippen molar-refractivity contribution in [3.05, 3.63) is 12.2 Å². The molecule has 9 atom stereocenters. The second kappa shape index (κ2) is 6.50. The summed E-state index contributed by atoms with van der Waals surface area (Å²) in [5, 5.41) is 0. The van der Waals surface area contributed by atoms with Gasteiger partial charge in [-0.3, -0.25) is 4.79 Å². The average Bonchev–Trinajstić information content (AvgIpc) is 3.04. The first-order chi connectivity index (χ1) is 14.3. The van der Waals surface area contributed by atoms with E-state index < -0.39 is 0 Å². The lowest BCUT2D eigenvalue weighted by molar-refractivity contribution is -0.232. The number of carbonyl (C=O) groups excluding carboxylic acids is 1. The monoisotopic (exact) mass is 424 g/mol. The van der Waals surface area contributed by atoms with E-state index in [1.165, 1.54) is 56.9 Å². The van der Waals surface area contributed by atoms with Gasteiger partial charge in [0, 0.05) is 11.8 Å². The minimum atomic E-state index is -0.131. The molecule has 0 aromatic carbocycles. The number of hydrogen-bond acceptors (Lipinski definition) is 1. The summed E-state index contributed by atoms with van der Waals surface area (Å²) in [6.07, 6.45) is 13.0. The molecule has 0 saturated heterocycles. The standard InChI is InChI=1S/C30H48O/c1-19(2)20-11-14-27(5)17-18-29(7)21(25(20)27)9-10-23-28(6)15-13-24(31)26(3,4)22(28)12-16-30(23,29)8/h20-23,25H,1,9-18H2,2-8H3/t20-,21+,22-,23+,25+,27+,28-,29+,30+/m0/s1. The number of hydrogen-bond donors (Lipinski definition) is 0. The van der Waals surface area contributed by atoms with Gasteiger partial charge in [-0.05, 0) is 116 Å². The highest BCUT2D eigenvalue weighted by Gasteiger charge is 2.70. The van der Waals surface area contributed by atoms with E-state index in [2.05, 4.69) is 55.0 Å². The highest BCUT2D eigenvalue weighted by atomic mass is 16.1. The van der Waals surface area contributed by atoms with Gasteiger partial charge in [0.1, 0.15) is 5.78 Å². The molecule has 1 heteroatoms. The molecule has 1 nitrogen and oxygen atoms in total. The summed E-state index contributed by atoms with van der Waals surface area (Å²) in [4.78, 5) is 12.9. The summed E-state index contributed by atoms with van der Waals surface area (Å²) in [5.41, 5.74) is 3.06. The largest absolute Gasteiger partial charge is 0.299 e. The molecular weight excluding hydrogens is 376 g/mol. The summed E-state index contributed by atoms with van der Waals surface area (Å²) < 4.78 is 0. The van der Waals surface area contributed by atoms with Crippen LogP contribution in [0.2, 0.25) is 0 Å². The van der Waals surface area contributed by atoms with E-state index in [0.29, 0.717) is 33.4 Å². The Morgan fingerprint density at radius 3 is 2.19 bits per heavy atom. The van der Waals surface area contributed by atoms with E-state index >= 15 is 0 Å². The maximum Gasteiger partial charge on any atom is 0.138 e. The van der Waals surface area contributed by atoms with Crippen LogP contribution in [0.3, 0.4) is 0 Å². The Kier molecular flexibility index (Phi) is 4.66. The van der Waals surface area contributed by atoms with Gasteiger partial charge in [0.05, 0.1) is 0 Å². The van der Waals surface area contributed by atoms with Crippen molar-refractivity contribution in [2.75, 3.05) is 0 Å². The summed E-state index contributed by atoms with van der Waals surface area (Å²) in [6.45, 7) is 22.0. The molecule has 0 aromatic heterocycles. The van der Waals surface area contributed by atoms with Crippen molar-refractivity contribution in [3.63, 3.8) is 0 Å². The van der Waals surface area contributed by atoms with Crippen LogP contribution in [-0.4, -0.2) is 5.78 Å². The lowest BCUT2D eigenvalue weighted by Crippen LogP contribution is -2.66. The van der Waals surface area contributed by atoms with Crippen molar-refractivity contribution in [3.8, 4) is 0 Å². The number of fused-ring (bicyclic) bond motifs is 7. The predicted molar refractivity (Wildman–Crippen MR) is 130 cm³/mol. The smallest absolute Gasteiger partial charge is 0.138 e. The second-order valence-electron chi connectivity index (χ2n) is 14.5. The summed E-state index contributed by atoms with van der Waals surface area (Å²) in [6, 6.07) is 0. The number of carbonyl (C=O) groups is 1. The highest BCUT2D eigenvalue weighted by molar-refractivity contribution is 5.85. The topological polar surface area (TPSA) is 17.1 Å². The molecule has 0 unspecified atom stereocenters. The molecular formula is C30H48O. The first-order valence-corrected chi connectivity index (χ1v) is 13.5. The van der Waals surface area contributed by atoms with Gasteiger partial charge in [-0.2, -0.15) is 0 Å². The van der Waals surface area contributed by atoms with Crippen molar-refractivity contribution in [1.29, 1.82) is 0 Å². The molecule has 5 saturated carbocycles. The SMILES string of the molecule is C=C(C)[C@@H]1CC[C@]2(C)CC[C@]3(C)[C@H](CC[C@@H]4[C@@]5(C)CCC(=O)C(C)(C)[C@@H]5CC[C@]43C)[C@@H]12. The molecule has 0 spiro atoms. The second-order valence-corrected chi connectivity index (χ2v) is 14.5. The van der Waals surface area contributed by atoms with Crippen molar-refractivity contribution >= 4 is 5.78 Å². The molecule has 5 rings (SSSR count). The number of rotatable bonds is 1. The van der Waals surface area contributed by atoms with Crippen LogP contribution in [0.1, 0.15) is 113 Å². The van der Waals surface area contributed by atoms with Gasteiger partial charge in [-0.1, -0.05) is 53.7 Å². The Labute approximate surface area is 192 Å². The number of ketones is 1. The first-order valence-electron chi connectivity index (χ1n) is 13.5. The zero-order valence-corrected chi connectivity index (χ0v) is 21.6. The fourth-order valence-electron chi connectivity index (χ4n) is 11.3. The van der Waals surface area contributed by atoms with Crippen LogP contribution >= 0.6 is 0 Å². The number of Topliss-reactive ketones (excluding diaryl/α,β-unsaturated/α-hetero) is 1. The van der Waals surface area contributed by atoms with E-state index in [9.17, 15) is 4.79 Å². The van der Waals surface area contributed by atoms with Crippen LogP contribution in [0.15, 0.2) is 12.2 Å². The molecule has 0 amide bonds. The van der Waals surface area contributed by atoms with Crippen LogP contribution in [0.4, 0.5) is 0 Å². The molecule has 0 bridgehead atoms. The third kappa shape index (κ3) is 2.59. The molecule has 0 aromatic rings. The molecule has 0 heterocycles. The van der Waals surface area contributed by atoms with E-state index in [-0.39, 0.29) is 5.41 Å². The van der Waals surface area contributed by atoms with Gasteiger partial charge in [0.15, 0.2) is 0 Å². The molecule has 0 N–H and O–H groups in total. The van der Waals surface area contributed by atoms with Crippen LogP contribution < -0.4 is 0 Å². The summed E-state index contributed by atoms with van der Waals surface area (Å²) >= 11 is 0. The van der Waals surface area contributed by atoms with E-state index in [1.54, 1.807) is 0 Å². The fraction of sp³-hybridized carbons (Fsp3) is 0.900. The van der Waals surface area contributed by atoms with Crippen LogP contribution in [-0.2, 0) is 4.79 Å². The maximum atomic E-state index is 12.9. The lowest BCUT2D eigenvalue weighted by atomic mass is 9.32. The Hall–Kier alpha value is -0.590. The van der Waals surface area contributed by atoms with Gasteiger partial charge in [-0.15, -0.1) is 0 Å². The zero-order chi connectivity index (χ0) is 22.6. The summed E-state index contributed by atoms with van der Waals surface area (Å²) in [7, 11) is 0. The summed E-state index contributed by atoms with van der Waals surface area (Å²) in [5.74, 6) is 4.33. The lowest BCUT2D eigenvalue weighted by Gasteiger charge is -2.72. The van der Waals surface area contributed by atoms with Crippen LogP contribution in [0.25, 0.3) is 0 Å². The predicted octanol–water partition coefficient (Wildman–Crippen LogP) is 8.23. The van der Waals surface area contributed by atoms with Crippen LogP contribution in [0.5, 0.6) is 0 Å².